The van der Waals surface area contributed by atoms with Crippen LogP contribution in [0.3, 0.4) is 0 Å². The molecule has 0 bridgehead atoms. The Bertz CT molecular complexity index is 6100. The molecule has 0 heterocycles. The molecule has 0 atom stereocenters. The van der Waals surface area contributed by atoms with Crippen LogP contribution in [0.1, 0.15) is 303 Å². The van der Waals surface area contributed by atoms with E-state index in [1.54, 1.807) is 166 Å². The third kappa shape index (κ3) is 48.4. The summed E-state index contributed by atoms with van der Waals surface area (Å²) in [5, 5.41) is 23.3. The van der Waals surface area contributed by atoms with Gasteiger partial charge in [0, 0.05) is 99.3 Å². The Morgan fingerprint density at radius 3 is 0.776 bits per heavy atom. The minimum absolute atomic E-state index is 0. The molecule has 0 fully saturated rings. The van der Waals surface area contributed by atoms with Gasteiger partial charge in [0.2, 0.25) is 12.0 Å². The number of primary amides is 1. The van der Waals surface area contributed by atoms with Gasteiger partial charge in [-0.1, -0.05) is 250 Å². The van der Waals surface area contributed by atoms with E-state index in [0.717, 1.165) is 82.1 Å². The number of ketones is 3. The van der Waals surface area contributed by atoms with E-state index in [2.05, 4.69) is 198 Å². The van der Waals surface area contributed by atoms with E-state index in [4.69, 9.17) is 10.5 Å². The van der Waals surface area contributed by atoms with Crippen LogP contribution in [0.5, 0.6) is 0 Å². The van der Waals surface area contributed by atoms with E-state index >= 15 is 0 Å². The highest BCUT2D eigenvalue weighted by Crippen LogP contribution is 2.30. The number of isocyanates is 1. The van der Waals surface area contributed by atoms with Crippen molar-refractivity contribution in [3.63, 3.8) is 0 Å². The second kappa shape index (κ2) is 58.6. The lowest BCUT2D eigenvalue weighted by Gasteiger charge is -2.19. The molecule has 147 heavy (non-hydrogen) atoms. The fourth-order valence-electron chi connectivity index (χ4n) is 13.5. The second-order valence-corrected chi connectivity index (χ2v) is 43.3. The Morgan fingerprint density at radius 1 is 0.320 bits per heavy atom. The summed E-state index contributed by atoms with van der Waals surface area (Å²) in [5.74, 6) is -2.30. The zero-order valence-corrected chi connectivity index (χ0v) is 91.6. The Kier molecular flexibility index (Phi) is 49.7. The molecule has 10 aromatic rings. The summed E-state index contributed by atoms with van der Waals surface area (Å²) < 4.78 is 5.18. The summed E-state index contributed by atoms with van der Waals surface area (Å²) in [6, 6.07) is 68.4. The minimum atomic E-state index is -0.646. The van der Waals surface area contributed by atoms with E-state index < -0.39 is 65.4 Å². The summed E-state index contributed by atoms with van der Waals surface area (Å²) in [4.78, 5) is 181. The number of carbonyl (C=O) groups excluding carboxylic acids is 15. The van der Waals surface area contributed by atoms with Gasteiger partial charge in [0.1, 0.15) is 23.0 Å². The number of hydrogen-bond acceptors (Lipinski definition) is 17. The fourth-order valence-corrected chi connectivity index (χ4v) is 13.8. The van der Waals surface area contributed by atoms with Crippen LogP contribution in [0, 0.1) is 0 Å². The summed E-state index contributed by atoms with van der Waals surface area (Å²) in [5.41, 5.74) is 19.4. The zero-order chi connectivity index (χ0) is 109. The van der Waals surface area contributed by atoms with E-state index in [0.29, 0.717) is 93.9 Å². The molecule has 10 aromatic carbocycles. The van der Waals surface area contributed by atoms with Crippen LogP contribution in [0.25, 0.3) is 0 Å². The first kappa shape index (κ1) is 125. The van der Waals surface area contributed by atoms with E-state index in [-0.39, 0.29) is 68.2 Å². The van der Waals surface area contributed by atoms with Crippen molar-refractivity contribution < 1.29 is 76.7 Å². The van der Waals surface area contributed by atoms with Gasteiger partial charge in [-0.3, -0.25) is 69.7 Å². The van der Waals surface area contributed by atoms with Crippen molar-refractivity contribution in [2.75, 3.05) is 52.6 Å². The van der Waals surface area contributed by atoms with Crippen molar-refractivity contribution in [2.45, 2.75) is 248 Å². The van der Waals surface area contributed by atoms with Gasteiger partial charge in [-0.2, -0.15) is 0 Å². The molecule has 15 amide bonds. The lowest BCUT2D eigenvalue weighted by molar-refractivity contribution is -0.119. The molecule has 0 aromatic heterocycles. The summed E-state index contributed by atoms with van der Waals surface area (Å²) in [7, 11) is 4.05. The Morgan fingerprint density at radius 2 is 0.551 bits per heavy atom. The Balaban J connectivity index is 0.000000375. The van der Waals surface area contributed by atoms with Gasteiger partial charge in [0.25, 0.3) is 29.5 Å². The zero-order valence-electron chi connectivity index (χ0n) is 89.2. The molecule has 28 nitrogen and oxygen atoms in total. The van der Waals surface area contributed by atoms with E-state index in [9.17, 15) is 71.9 Å². The van der Waals surface area contributed by atoms with Crippen LogP contribution >= 0.6 is 28.3 Å². The number of halogens is 2. The van der Waals surface area contributed by atoms with Crippen LogP contribution in [-0.4, -0.2) is 126 Å². The number of unbranched alkanes of at least 4 members (excludes halogenated alkanes) is 2. The van der Waals surface area contributed by atoms with Crippen LogP contribution in [-0.2, 0) is 75.7 Å². The van der Waals surface area contributed by atoms with E-state index in [1.165, 1.54) is 18.6 Å². The predicted molar refractivity (Wildman–Crippen MR) is 592 cm³/mol. The molecule has 10 rings (SSSR count). The number of amides is 15. The molecule has 0 aliphatic carbocycles. The van der Waals surface area contributed by atoms with Crippen molar-refractivity contribution in [3.8, 4) is 0 Å². The number of anilines is 5. The van der Waals surface area contributed by atoms with Gasteiger partial charge in [0.05, 0.1) is 0 Å². The standard InChI is InChI=1S/C26H35N3O3.C24H29BrN2O3.C23H29N3O4.C21H24N2O3.C12H13NO2.C11H15NO.ClH/c1-26(2,3)21-13-11-20(12-14-21)24(31)28-25(32)27-22-15-9-19(10-16-22)18-23(30)8-6-7-17-29(4)5;1-24(2,3)19-11-9-18(10-12-19)22(29)27-23(30)26-20-13-7-17(8-14-20)16-21(28)6-4-5-15-25;1-22(2,3)16-9-7-15(8-10-16)19(27)26-20(28)24-17-11-13-18(14-12-17)25-21(29)30-23(4,5)6;1-14(24)13-15-5-11-18(12-6-15)22-20(26)23-19(25)16-7-9-17(10-8-16)21(2,3)4;1-12(2,3)10-6-4-9(5-7-10)11(15)13-8-14;1-11(2,3)9-6-4-8(5-7-9)10(12)13;/h9-16H,6-8,17-18H2,1-5H3,(H2,27,28,31,32);7-14H,4-6,15-16H2,1-3H3,(H2,26,27,29,30);7-14H,1-6H3,(H,25,29)(H2,24,26,27,28);5-12H,13H2,1-4H3,(H2,22,23,25,26);4-7H,1-3H3;4-7H,1-3H3,(H2,12,13);1H. The number of alkyl halides is 1. The monoisotopic (exact) mass is 2090 g/mol. The highest BCUT2D eigenvalue weighted by Gasteiger charge is 2.24. The van der Waals surface area contributed by atoms with Gasteiger partial charge < -0.3 is 36.6 Å². The number of nitrogens with two attached hydrogens (primary N) is 1. The lowest BCUT2D eigenvalue weighted by atomic mass is 9.86. The van der Waals surface area contributed by atoms with Gasteiger partial charge in [-0.15, -0.1) is 17.4 Å². The van der Waals surface area contributed by atoms with Gasteiger partial charge >= 0.3 is 30.2 Å². The first-order valence-electron chi connectivity index (χ1n) is 48.2. The number of nitrogens with zero attached hydrogens (tertiary/aromatic N) is 2. The Hall–Kier alpha value is -14.5. The van der Waals surface area contributed by atoms with Crippen molar-refractivity contribution in [3.05, 3.63) is 326 Å². The maximum Gasteiger partial charge on any atom is 0.412 e. The molecule has 0 aliphatic heterocycles. The first-order chi connectivity index (χ1) is 68.1. The molecular weight excluding hydrogens is 1940 g/mol. The number of nitrogens with one attached hydrogen (secondary N) is 9. The number of aliphatic imine (C=N–C) groups is 1. The number of rotatable bonds is 26. The molecule has 784 valence electrons. The summed E-state index contributed by atoms with van der Waals surface area (Å²) in [6.45, 7) is 45.6. The largest absolute Gasteiger partial charge is 0.444 e. The highest BCUT2D eigenvalue weighted by atomic mass is 79.9. The first-order valence-corrected chi connectivity index (χ1v) is 49.3. The average molecular weight is 2090 g/mol. The van der Waals surface area contributed by atoms with Crippen LogP contribution in [0.15, 0.2) is 248 Å². The Labute approximate surface area is 880 Å². The molecule has 0 saturated heterocycles. The quantitative estimate of drug-likeness (QED) is 0.0104. The average Bonchev–Trinajstić information content (AvgIpc) is 0.857. The molecule has 0 spiro atoms. The van der Waals surface area contributed by atoms with Gasteiger partial charge in [0.15, 0.2) is 0 Å². The summed E-state index contributed by atoms with van der Waals surface area (Å²) in [6.07, 6.45) is 6.73. The molecule has 0 aliphatic rings. The third-order valence-corrected chi connectivity index (χ3v) is 22.5. The number of benzene rings is 10. The highest BCUT2D eigenvalue weighted by molar-refractivity contribution is 9.09. The molecule has 11 N–H and O–H groups in total. The third-order valence-electron chi connectivity index (χ3n) is 22.0. The van der Waals surface area contributed by atoms with Gasteiger partial charge in [-0.05, 0) is 290 Å². The second-order valence-electron chi connectivity index (χ2n) is 42.5. The fraction of sp³-hybridized carbons (Fsp3) is 0.359. The van der Waals surface area contributed by atoms with Crippen LogP contribution in [0.2, 0.25) is 0 Å². The smallest absolute Gasteiger partial charge is 0.412 e. The van der Waals surface area contributed by atoms with Crippen molar-refractivity contribution >= 4 is 146 Å². The number of ether oxygens (including phenoxy) is 1. The van der Waals surface area contributed by atoms with Crippen LogP contribution in [0.4, 0.5) is 52.4 Å². The molecule has 30 heteroatoms. The number of hydrogen-bond donors (Lipinski definition) is 10. The predicted octanol–water partition coefficient (Wildman–Crippen LogP) is 24.7. The van der Waals surface area contributed by atoms with Gasteiger partial charge in [-0.25, -0.2) is 28.8 Å². The summed E-state index contributed by atoms with van der Waals surface area (Å²) >= 11 is 3.36. The van der Waals surface area contributed by atoms with Crippen molar-refractivity contribution in [2.24, 2.45) is 10.7 Å². The maximum atomic E-state index is 12.3. The topological polar surface area (TPSA) is 415 Å². The van der Waals surface area contributed by atoms with Crippen molar-refractivity contribution in [1.82, 2.24) is 26.2 Å². The maximum absolute atomic E-state index is 12.3. The SMILES string of the molecule is CC(=O)Cc1ccc(NC(=O)NC(=O)c2ccc(C(C)(C)C)cc2)cc1.CC(C)(C)OC(=O)Nc1ccc(NC(=O)NC(=O)c2ccc(C(C)(C)C)cc2)cc1.CC(C)(C)c1ccc(C(=O)N=C=O)cc1.CC(C)(C)c1ccc(C(=O)NC(=O)Nc2ccc(CC(=O)CCCCBr)cc2)cc1.CC(C)(C)c1ccc(C(N)=O)cc1.CN(C)CCCCC(=O)Cc1ccc(NC(=O)NC(=O)c2ccc(C(C)(C)C)cc2)cc1.Cl. The minimum Gasteiger partial charge on any atom is -0.444 e. The molecular formula is C117H146BrClN12O16. The van der Waals surface area contributed by atoms with Crippen molar-refractivity contribution in [1.29, 1.82) is 0 Å². The lowest BCUT2D eigenvalue weighted by Crippen LogP contribution is -2.34. The number of urea groups is 4. The molecule has 0 radical (unpaired) electrons. The molecule has 0 saturated carbocycles. The number of carbonyl (C=O) groups is 14. The number of imide groups is 4. The van der Waals surface area contributed by atoms with Crippen LogP contribution < -0.4 is 53.6 Å². The van der Waals surface area contributed by atoms with E-state index in [1.807, 2.05) is 111 Å². The normalized spacial score (nSPS) is 11.1. The number of Topliss-reactive ketones (excluding diaryl/α,β-unsaturated/α-hetero) is 3. The molecule has 0 unspecified atom stereocenters.